The van der Waals surface area contributed by atoms with Gasteiger partial charge >= 0.3 is 0 Å². The summed E-state index contributed by atoms with van der Waals surface area (Å²) in [6.45, 7) is 0. The average molecular weight is 302 g/mol. The Hall–Kier alpha value is -0.190. The highest BCUT2D eigenvalue weighted by Gasteiger charge is 2.25. The molecule has 0 saturated carbocycles. The molecule has 0 amide bonds. The molecule has 16 heavy (non-hydrogen) atoms. The second-order valence-electron chi connectivity index (χ2n) is 4.05. The number of hydrogen-bond donors (Lipinski definition) is 1. The predicted molar refractivity (Wildman–Crippen MR) is 73.1 cm³/mol. The van der Waals surface area contributed by atoms with Gasteiger partial charge in [0, 0.05) is 22.5 Å². The lowest BCUT2D eigenvalue weighted by Gasteiger charge is -2.30. The predicted octanol–water partition coefficient (Wildman–Crippen LogP) is 3.35. The molecule has 1 aliphatic heterocycles. The van der Waals surface area contributed by atoms with E-state index >= 15 is 0 Å². The van der Waals surface area contributed by atoms with Gasteiger partial charge < -0.3 is 10.5 Å². The van der Waals surface area contributed by atoms with E-state index in [1.54, 1.807) is 0 Å². The molecular formula is C12H16BrNOS. The van der Waals surface area contributed by atoms with Crippen LogP contribution in [0.15, 0.2) is 22.7 Å². The van der Waals surface area contributed by atoms with Gasteiger partial charge in [-0.05, 0) is 30.6 Å². The van der Waals surface area contributed by atoms with Crippen LogP contribution in [0.2, 0.25) is 0 Å². The third-order valence-corrected chi connectivity index (χ3v) is 3.97. The Morgan fingerprint density at radius 2 is 2.38 bits per heavy atom. The smallest absolute Gasteiger partial charge is 0.125 e. The van der Waals surface area contributed by atoms with Crippen LogP contribution in [0.3, 0.4) is 0 Å². The SMILES string of the molecule is CSCCC1CC(N)c2ccc(Br)cc2O1. The van der Waals surface area contributed by atoms with Crippen LogP contribution in [-0.4, -0.2) is 18.1 Å². The van der Waals surface area contributed by atoms with Crippen LogP contribution >= 0.6 is 27.7 Å². The van der Waals surface area contributed by atoms with Gasteiger partial charge in [0.05, 0.1) is 0 Å². The van der Waals surface area contributed by atoms with Crippen LogP contribution in [0.4, 0.5) is 0 Å². The van der Waals surface area contributed by atoms with Crippen molar-refractivity contribution in [3.8, 4) is 5.75 Å². The summed E-state index contributed by atoms with van der Waals surface area (Å²) >= 11 is 5.31. The average Bonchev–Trinajstić information content (AvgIpc) is 2.25. The van der Waals surface area contributed by atoms with Crippen LogP contribution in [-0.2, 0) is 0 Å². The van der Waals surface area contributed by atoms with Crippen molar-refractivity contribution in [1.82, 2.24) is 0 Å². The van der Waals surface area contributed by atoms with Crippen molar-refractivity contribution in [1.29, 1.82) is 0 Å². The molecule has 2 N–H and O–H groups in total. The Balaban J connectivity index is 2.14. The van der Waals surface area contributed by atoms with Crippen LogP contribution in [0, 0.1) is 0 Å². The van der Waals surface area contributed by atoms with E-state index in [0.717, 1.165) is 34.4 Å². The minimum Gasteiger partial charge on any atom is -0.490 e. The number of rotatable bonds is 3. The molecule has 1 heterocycles. The van der Waals surface area contributed by atoms with E-state index in [9.17, 15) is 0 Å². The van der Waals surface area contributed by atoms with Crippen molar-refractivity contribution in [3.05, 3.63) is 28.2 Å². The molecule has 0 aliphatic carbocycles. The summed E-state index contributed by atoms with van der Waals surface area (Å²) in [6.07, 6.45) is 4.38. The number of thioether (sulfide) groups is 1. The molecule has 2 nitrogen and oxygen atoms in total. The summed E-state index contributed by atoms with van der Waals surface area (Å²) < 4.78 is 7.01. The lowest BCUT2D eigenvalue weighted by molar-refractivity contribution is 0.156. The van der Waals surface area contributed by atoms with Crippen molar-refractivity contribution < 1.29 is 4.74 Å². The van der Waals surface area contributed by atoms with E-state index in [-0.39, 0.29) is 12.1 Å². The summed E-state index contributed by atoms with van der Waals surface area (Å²) in [5, 5.41) is 0. The van der Waals surface area contributed by atoms with Crippen molar-refractivity contribution in [2.75, 3.05) is 12.0 Å². The van der Waals surface area contributed by atoms with Crippen molar-refractivity contribution in [3.63, 3.8) is 0 Å². The molecule has 1 aliphatic rings. The fourth-order valence-electron chi connectivity index (χ4n) is 1.98. The van der Waals surface area contributed by atoms with E-state index in [1.165, 1.54) is 0 Å². The number of hydrogen-bond acceptors (Lipinski definition) is 3. The zero-order valence-corrected chi connectivity index (χ0v) is 11.7. The summed E-state index contributed by atoms with van der Waals surface area (Å²) in [5.74, 6) is 2.07. The van der Waals surface area contributed by atoms with Crippen molar-refractivity contribution in [2.45, 2.75) is 25.0 Å². The van der Waals surface area contributed by atoms with Gasteiger partial charge in [0.2, 0.25) is 0 Å². The fraction of sp³-hybridized carbons (Fsp3) is 0.500. The maximum absolute atomic E-state index is 6.16. The minimum atomic E-state index is 0.115. The molecule has 0 fully saturated rings. The highest BCUT2D eigenvalue weighted by Crippen LogP contribution is 2.36. The summed E-state index contributed by atoms with van der Waals surface area (Å²) in [6, 6.07) is 6.20. The number of halogens is 1. The van der Waals surface area contributed by atoms with Gasteiger partial charge in [0.25, 0.3) is 0 Å². The molecule has 1 aromatic rings. The van der Waals surface area contributed by atoms with E-state index in [4.69, 9.17) is 10.5 Å². The molecular weight excluding hydrogens is 286 g/mol. The molecule has 2 atom stereocenters. The maximum Gasteiger partial charge on any atom is 0.125 e. The summed E-state index contributed by atoms with van der Waals surface area (Å²) in [5.41, 5.74) is 7.28. The third-order valence-electron chi connectivity index (χ3n) is 2.83. The minimum absolute atomic E-state index is 0.115. The first kappa shape index (κ1) is 12.3. The number of nitrogens with two attached hydrogens (primary N) is 1. The van der Waals surface area contributed by atoms with Crippen LogP contribution in [0.1, 0.15) is 24.4 Å². The molecule has 0 radical (unpaired) electrons. The van der Waals surface area contributed by atoms with Gasteiger partial charge in [-0.25, -0.2) is 0 Å². The Morgan fingerprint density at radius 3 is 3.12 bits per heavy atom. The molecule has 1 aromatic carbocycles. The van der Waals surface area contributed by atoms with Gasteiger partial charge in [0.15, 0.2) is 0 Å². The van der Waals surface area contributed by atoms with Gasteiger partial charge in [-0.3, -0.25) is 0 Å². The quantitative estimate of drug-likeness (QED) is 0.930. The number of benzene rings is 1. The molecule has 0 spiro atoms. The first-order valence-electron chi connectivity index (χ1n) is 5.41. The topological polar surface area (TPSA) is 35.2 Å². The van der Waals surface area contributed by atoms with E-state index < -0.39 is 0 Å². The van der Waals surface area contributed by atoms with Gasteiger partial charge in [-0.1, -0.05) is 22.0 Å². The van der Waals surface area contributed by atoms with Gasteiger partial charge in [-0.15, -0.1) is 0 Å². The van der Waals surface area contributed by atoms with Crippen LogP contribution in [0.25, 0.3) is 0 Å². The summed E-state index contributed by atoms with van der Waals surface area (Å²) in [7, 11) is 0. The number of fused-ring (bicyclic) bond motifs is 1. The molecule has 0 bridgehead atoms. The molecule has 2 rings (SSSR count). The Kier molecular flexibility index (Phi) is 4.16. The maximum atomic E-state index is 6.16. The zero-order valence-electron chi connectivity index (χ0n) is 9.28. The van der Waals surface area contributed by atoms with Gasteiger partial charge in [-0.2, -0.15) is 11.8 Å². The highest BCUT2D eigenvalue weighted by molar-refractivity contribution is 9.10. The first-order valence-corrected chi connectivity index (χ1v) is 7.60. The highest BCUT2D eigenvalue weighted by atomic mass is 79.9. The zero-order chi connectivity index (χ0) is 11.5. The fourth-order valence-corrected chi connectivity index (χ4v) is 2.82. The van der Waals surface area contributed by atoms with Crippen LogP contribution < -0.4 is 10.5 Å². The second-order valence-corrected chi connectivity index (χ2v) is 5.95. The molecule has 0 saturated heterocycles. The first-order chi connectivity index (χ1) is 7.70. The summed E-state index contributed by atoms with van der Waals surface area (Å²) in [4.78, 5) is 0. The molecule has 2 unspecified atom stereocenters. The Bertz CT molecular complexity index is 372. The number of ether oxygens (including phenoxy) is 1. The third kappa shape index (κ3) is 2.73. The van der Waals surface area contributed by atoms with Crippen molar-refractivity contribution >= 4 is 27.7 Å². The normalized spacial score (nSPS) is 23.7. The Morgan fingerprint density at radius 1 is 1.56 bits per heavy atom. The lowest BCUT2D eigenvalue weighted by atomic mass is 9.96. The molecule has 88 valence electrons. The Labute approximate surface area is 109 Å². The monoisotopic (exact) mass is 301 g/mol. The molecule has 0 aromatic heterocycles. The lowest BCUT2D eigenvalue weighted by Crippen LogP contribution is -2.29. The van der Waals surface area contributed by atoms with E-state index in [1.807, 2.05) is 23.9 Å². The second kappa shape index (κ2) is 5.43. The van der Waals surface area contributed by atoms with E-state index in [0.29, 0.717) is 0 Å². The van der Waals surface area contributed by atoms with E-state index in [2.05, 4.69) is 28.3 Å². The largest absolute Gasteiger partial charge is 0.490 e. The van der Waals surface area contributed by atoms with Crippen molar-refractivity contribution in [2.24, 2.45) is 5.73 Å². The van der Waals surface area contributed by atoms with Gasteiger partial charge in [0.1, 0.15) is 11.9 Å². The molecule has 4 heteroatoms. The standard InChI is InChI=1S/C12H16BrNOS/c1-16-5-4-9-7-11(14)10-3-2-8(13)6-12(10)15-9/h2-3,6,9,11H,4-5,7,14H2,1H3. The van der Waals surface area contributed by atoms with Crippen LogP contribution in [0.5, 0.6) is 5.75 Å².